The van der Waals surface area contributed by atoms with Gasteiger partial charge < -0.3 is 5.73 Å². The van der Waals surface area contributed by atoms with Gasteiger partial charge in [-0.2, -0.15) is 0 Å². The molecule has 13 heavy (non-hydrogen) atoms. The molecule has 0 radical (unpaired) electrons. The molecule has 1 unspecified atom stereocenters. The fraction of sp³-hybridized carbons (Fsp3) is 1.00. The van der Waals surface area contributed by atoms with E-state index in [1.165, 1.54) is 0 Å². The average Bonchev–Trinajstić information content (AvgIpc) is 1.99. The van der Waals surface area contributed by atoms with Gasteiger partial charge in [-0.3, -0.25) is 4.90 Å². The minimum atomic E-state index is -2.48. The Morgan fingerprint density at radius 1 is 1.54 bits per heavy atom. The van der Waals surface area contributed by atoms with E-state index < -0.39 is 5.92 Å². The SMILES string of the molecule is CC(N)CCN1CCCC(F)(F)C1. The van der Waals surface area contributed by atoms with E-state index in [1.54, 1.807) is 0 Å². The second-order valence-corrected chi connectivity index (χ2v) is 4.00. The first-order valence-electron chi connectivity index (χ1n) is 4.85. The molecule has 1 aliphatic heterocycles. The number of halogens is 2. The van der Waals surface area contributed by atoms with Crippen molar-refractivity contribution in [3.8, 4) is 0 Å². The Labute approximate surface area is 78.1 Å². The Morgan fingerprint density at radius 3 is 2.77 bits per heavy atom. The van der Waals surface area contributed by atoms with E-state index in [2.05, 4.69) is 0 Å². The van der Waals surface area contributed by atoms with Gasteiger partial charge in [0.25, 0.3) is 5.92 Å². The molecule has 1 fully saturated rings. The molecule has 4 heteroatoms. The monoisotopic (exact) mass is 192 g/mol. The topological polar surface area (TPSA) is 29.3 Å². The van der Waals surface area contributed by atoms with Crippen LogP contribution in [0.25, 0.3) is 0 Å². The summed E-state index contributed by atoms with van der Waals surface area (Å²) in [6.07, 6.45) is 1.45. The van der Waals surface area contributed by atoms with Crippen LogP contribution in [0.5, 0.6) is 0 Å². The lowest BCUT2D eigenvalue weighted by Gasteiger charge is -2.32. The zero-order valence-electron chi connectivity index (χ0n) is 8.10. The smallest absolute Gasteiger partial charge is 0.260 e. The predicted octanol–water partition coefficient (Wildman–Crippen LogP) is 1.45. The molecule has 0 amide bonds. The largest absolute Gasteiger partial charge is 0.328 e. The molecule has 0 aliphatic carbocycles. The van der Waals surface area contributed by atoms with Gasteiger partial charge in [0.15, 0.2) is 0 Å². The Hall–Kier alpha value is -0.220. The van der Waals surface area contributed by atoms with Crippen molar-refractivity contribution in [3.05, 3.63) is 0 Å². The van der Waals surface area contributed by atoms with Gasteiger partial charge in [-0.05, 0) is 32.9 Å². The normalized spacial score (nSPS) is 25.8. The number of hydrogen-bond acceptors (Lipinski definition) is 2. The number of rotatable bonds is 3. The maximum atomic E-state index is 12.9. The minimum Gasteiger partial charge on any atom is -0.328 e. The molecule has 0 aromatic carbocycles. The van der Waals surface area contributed by atoms with Crippen LogP contribution in [0, 0.1) is 0 Å². The summed E-state index contributed by atoms with van der Waals surface area (Å²) >= 11 is 0. The van der Waals surface area contributed by atoms with E-state index in [4.69, 9.17) is 5.73 Å². The van der Waals surface area contributed by atoms with Crippen LogP contribution in [0.2, 0.25) is 0 Å². The summed E-state index contributed by atoms with van der Waals surface area (Å²) in [5, 5.41) is 0. The molecule has 2 nitrogen and oxygen atoms in total. The van der Waals surface area contributed by atoms with Crippen molar-refractivity contribution >= 4 is 0 Å². The van der Waals surface area contributed by atoms with Gasteiger partial charge >= 0.3 is 0 Å². The zero-order valence-corrected chi connectivity index (χ0v) is 8.10. The third-order valence-corrected chi connectivity index (χ3v) is 2.37. The number of nitrogens with zero attached hydrogens (tertiary/aromatic N) is 1. The molecular formula is C9H18F2N2. The van der Waals surface area contributed by atoms with Crippen molar-refractivity contribution in [1.82, 2.24) is 4.90 Å². The molecule has 0 saturated carbocycles. The molecule has 2 N–H and O–H groups in total. The fourth-order valence-corrected chi connectivity index (χ4v) is 1.62. The molecule has 1 heterocycles. The van der Waals surface area contributed by atoms with E-state index >= 15 is 0 Å². The first-order chi connectivity index (χ1) is 5.99. The summed E-state index contributed by atoms with van der Waals surface area (Å²) in [4.78, 5) is 1.81. The number of alkyl halides is 2. The Bertz CT molecular complexity index is 160. The van der Waals surface area contributed by atoms with Crippen molar-refractivity contribution in [2.45, 2.75) is 38.2 Å². The highest BCUT2D eigenvalue weighted by atomic mass is 19.3. The van der Waals surface area contributed by atoms with Gasteiger partial charge in [0.2, 0.25) is 0 Å². The maximum absolute atomic E-state index is 12.9. The molecule has 1 saturated heterocycles. The van der Waals surface area contributed by atoms with Crippen LogP contribution in [-0.2, 0) is 0 Å². The molecule has 0 aromatic rings. The first kappa shape index (κ1) is 10.9. The van der Waals surface area contributed by atoms with Crippen LogP contribution in [0.15, 0.2) is 0 Å². The van der Waals surface area contributed by atoms with Crippen LogP contribution in [-0.4, -0.2) is 36.5 Å². The number of piperidine rings is 1. The van der Waals surface area contributed by atoms with Crippen LogP contribution in [0.1, 0.15) is 26.2 Å². The van der Waals surface area contributed by atoms with E-state index in [-0.39, 0.29) is 19.0 Å². The molecule has 0 bridgehead atoms. The summed E-state index contributed by atoms with van der Waals surface area (Å²) < 4.78 is 25.8. The van der Waals surface area contributed by atoms with Crippen LogP contribution in [0.3, 0.4) is 0 Å². The highest BCUT2D eigenvalue weighted by Gasteiger charge is 2.34. The van der Waals surface area contributed by atoms with E-state index in [0.717, 1.165) is 13.0 Å². The number of nitrogens with two attached hydrogens (primary N) is 1. The summed E-state index contributed by atoms with van der Waals surface area (Å²) in [6.45, 7) is 3.32. The van der Waals surface area contributed by atoms with Gasteiger partial charge in [-0.1, -0.05) is 0 Å². The van der Waals surface area contributed by atoms with Gasteiger partial charge in [-0.15, -0.1) is 0 Å². The third kappa shape index (κ3) is 4.00. The maximum Gasteiger partial charge on any atom is 0.260 e. The van der Waals surface area contributed by atoms with Crippen molar-refractivity contribution in [2.24, 2.45) is 5.73 Å². The van der Waals surface area contributed by atoms with Crippen LogP contribution < -0.4 is 5.73 Å². The quantitative estimate of drug-likeness (QED) is 0.733. The minimum absolute atomic E-state index is 0.0433. The van der Waals surface area contributed by atoms with Gasteiger partial charge in [0.1, 0.15) is 0 Å². The summed E-state index contributed by atoms with van der Waals surface area (Å²) in [7, 11) is 0. The fourth-order valence-electron chi connectivity index (χ4n) is 1.62. The lowest BCUT2D eigenvalue weighted by Crippen LogP contribution is -2.43. The van der Waals surface area contributed by atoms with Crippen LogP contribution in [0.4, 0.5) is 8.78 Å². The van der Waals surface area contributed by atoms with Crippen LogP contribution >= 0.6 is 0 Å². The highest BCUT2D eigenvalue weighted by molar-refractivity contribution is 4.78. The molecule has 0 aromatic heterocycles. The molecule has 78 valence electrons. The van der Waals surface area contributed by atoms with Gasteiger partial charge in [0, 0.05) is 12.5 Å². The summed E-state index contributed by atoms with van der Waals surface area (Å²) in [6, 6.07) is 0.107. The Morgan fingerprint density at radius 2 is 2.23 bits per heavy atom. The first-order valence-corrected chi connectivity index (χ1v) is 4.85. The molecular weight excluding hydrogens is 174 g/mol. The predicted molar refractivity (Wildman–Crippen MR) is 48.9 cm³/mol. The van der Waals surface area contributed by atoms with Crippen molar-refractivity contribution < 1.29 is 8.78 Å². The second kappa shape index (κ2) is 4.33. The second-order valence-electron chi connectivity index (χ2n) is 4.00. The zero-order chi connectivity index (χ0) is 9.90. The standard InChI is InChI=1S/C9H18F2N2/c1-8(12)3-6-13-5-2-4-9(10,11)7-13/h8H,2-7,12H2,1H3. The van der Waals surface area contributed by atoms with Crippen molar-refractivity contribution in [3.63, 3.8) is 0 Å². The lowest BCUT2D eigenvalue weighted by atomic mass is 10.1. The lowest BCUT2D eigenvalue weighted by molar-refractivity contribution is -0.0642. The Balaban J connectivity index is 2.26. The van der Waals surface area contributed by atoms with E-state index in [9.17, 15) is 8.78 Å². The number of likely N-dealkylation sites (tertiary alicyclic amines) is 1. The molecule has 1 rings (SSSR count). The van der Waals surface area contributed by atoms with Crippen molar-refractivity contribution in [1.29, 1.82) is 0 Å². The van der Waals surface area contributed by atoms with E-state index in [0.29, 0.717) is 13.0 Å². The summed E-state index contributed by atoms with van der Waals surface area (Å²) in [5.41, 5.74) is 5.56. The van der Waals surface area contributed by atoms with Gasteiger partial charge in [-0.25, -0.2) is 8.78 Å². The molecule has 0 spiro atoms. The van der Waals surface area contributed by atoms with E-state index in [1.807, 2.05) is 11.8 Å². The van der Waals surface area contributed by atoms with Gasteiger partial charge in [0.05, 0.1) is 6.54 Å². The summed E-state index contributed by atoms with van der Waals surface area (Å²) in [5.74, 6) is -2.48. The average molecular weight is 192 g/mol. The molecule has 1 aliphatic rings. The third-order valence-electron chi connectivity index (χ3n) is 2.37. The van der Waals surface area contributed by atoms with Crippen molar-refractivity contribution in [2.75, 3.05) is 19.6 Å². The molecule has 1 atom stereocenters. The highest BCUT2D eigenvalue weighted by Crippen LogP contribution is 2.26. The number of hydrogen-bond donors (Lipinski definition) is 1. The Kier molecular flexibility index (Phi) is 3.62.